The molecule has 1 rings (SSSR count). The second-order valence-corrected chi connectivity index (χ2v) is 4.24. The molecule has 0 fully saturated rings. The average molecular weight is 274 g/mol. The molecule has 1 aromatic rings. The summed E-state index contributed by atoms with van der Waals surface area (Å²) < 4.78 is 10.9. The van der Waals surface area contributed by atoms with E-state index in [9.17, 15) is 0 Å². The molecule has 4 heteroatoms. The van der Waals surface area contributed by atoms with Crippen molar-refractivity contribution in [1.82, 2.24) is 0 Å². The summed E-state index contributed by atoms with van der Waals surface area (Å²) in [5.74, 6) is 1.59. The number of rotatable bonds is 6. The summed E-state index contributed by atoms with van der Waals surface area (Å²) in [6.45, 7) is 6.79. The van der Waals surface area contributed by atoms with Gasteiger partial charge in [-0.05, 0) is 49.9 Å². The lowest BCUT2D eigenvalue weighted by atomic mass is 9.99. The fourth-order valence-electron chi connectivity index (χ4n) is 1.78. The molecule has 0 aromatic heterocycles. The molecule has 0 aliphatic carbocycles. The molecule has 1 atom stereocenters. The molecule has 3 nitrogen and oxygen atoms in total. The van der Waals surface area contributed by atoms with E-state index in [2.05, 4.69) is 13.8 Å². The third kappa shape index (κ3) is 4.39. The molecular weight excluding hydrogens is 250 g/mol. The van der Waals surface area contributed by atoms with Gasteiger partial charge >= 0.3 is 0 Å². The summed E-state index contributed by atoms with van der Waals surface area (Å²) in [7, 11) is 1.66. The first-order valence-corrected chi connectivity index (χ1v) is 6.18. The minimum absolute atomic E-state index is 0. The number of hydrogen-bond donors (Lipinski definition) is 1. The van der Waals surface area contributed by atoms with Crippen LogP contribution in [0.4, 0.5) is 0 Å². The number of aryl methyl sites for hydroxylation is 1. The van der Waals surface area contributed by atoms with Gasteiger partial charge in [0.25, 0.3) is 0 Å². The fourth-order valence-corrected chi connectivity index (χ4v) is 1.78. The van der Waals surface area contributed by atoms with Crippen molar-refractivity contribution in [2.24, 2.45) is 5.73 Å². The van der Waals surface area contributed by atoms with E-state index < -0.39 is 0 Å². The molecule has 0 saturated heterocycles. The number of halogens is 1. The van der Waals surface area contributed by atoms with Crippen molar-refractivity contribution in [3.63, 3.8) is 0 Å². The molecule has 0 amide bonds. The van der Waals surface area contributed by atoms with E-state index >= 15 is 0 Å². The van der Waals surface area contributed by atoms with E-state index in [1.807, 2.05) is 19.1 Å². The van der Waals surface area contributed by atoms with Crippen molar-refractivity contribution in [2.75, 3.05) is 13.7 Å². The highest BCUT2D eigenvalue weighted by atomic mass is 35.5. The lowest BCUT2D eigenvalue weighted by molar-refractivity contribution is 0.310. The van der Waals surface area contributed by atoms with Crippen molar-refractivity contribution in [3.8, 4) is 11.5 Å². The molecule has 1 unspecified atom stereocenters. The second kappa shape index (κ2) is 8.22. The van der Waals surface area contributed by atoms with Crippen LogP contribution < -0.4 is 15.2 Å². The Morgan fingerprint density at radius 1 is 1.22 bits per heavy atom. The van der Waals surface area contributed by atoms with Gasteiger partial charge in [0.2, 0.25) is 0 Å². The molecule has 0 aliphatic rings. The Labute approximate surface area is 116 Å². The minimum atomic E-state index is 0. The number of methoxy groups -OCH3 is 1. The van der Waals surface area contributed by atoms with E-state index in [-0.39, 0.29) is 18.4 Å². The van der Waals surface area contributed by atoms with E-state index in [1.54, 1.807) is 7.11 Å². The quantitative estimate of drug-likeness (QED) is 0.866. The summed E-state index contributed by atoms with van der Waals surface area (Å²) in [4.78, 5) is 0. The van der Waals surface area contributed by atoms with Gasteiger partial charge in [0, 0.05) is 6.04 Å². The Morgan fingerprint density at radius 2 is 1.89 bits per heavy atom. The first-order valence-electron chi connectivity index (χ1n) is 6.18. The van der Waals surface area contributed by atoms with Gasteiger partial charge in [-0.2, -0.15) is 0 Å². The zero-order chi connectivity index (χ0) is 12.8. The molecule has 0 radical (unpaired) electrons. The van der Waals surface area contributed by atoms with Gasteiger partial charge in [-0.25, -0.2) is 0 Å². The highest BCUT2D eigenvalue weighted by Crippen LogP contribution is 2.31. The molecule has 2 N–H and O–H groups in total. The minimum Gasteiger partial charge on any atom is -0.493 e. The van der Waals surface area contributed by atoms with Crippen molar-refractivity contribution in [3.05, 3.63) is 23.3 Å². The van der Waals surface area contributed by atoms with Crippen molar-refractivity contribution in [1.29, 1.82) is 0 Å². The molecule has 0 spiro atoms. The Morgan fingerprint density at radius 3 is 2.39 bits per heavy atom. The van der Waals surface area contributed by atoms with E-state index in [0.717, 1.165) is 24.3 Å². The van der Waals surface area contributed by atoms with Crippen molar-refractivity contribution in [2.45, 2.75) is 39.7 Å². The molecule has 0 bridgehead atoms. The van der Waals surface area contributed by atoms with Gasteiger partial charge < -0.3 is 15.2 Å². The van der Waals surface area contributed by atoms with Gasteiger partial charge in [-0.3, -0.25) is 0 Å². The van der Waals surface area contributed by atoms with E-state index in [4.69, 9.17) is 15.2 Å². The third-order valence-electron chi connectivity index (χ3n) is 2.93. The van der Waals surface area contributed by atoms with Gasteiger partial charge in [-0.1, -0.05) is 6.92 Å². The fraction of sp³-hybridized carbons (Fsp3) is 0.571. The molecule has 1 aromatic carbocycles. The normalized spacial score (nSPS) is 11.6. The largest absolute Gasteiger partial charge is 0.493 e. The number of benzene rings is 1. The van der Waals surface area contributed by atoms with Crippen LogP contribution in [0.25, 0.3) is 0 Å². The highest BCUT2D eigenvalue weighted by Gasteiger charge is 2.11. The summed E-state index contributed by atoms with van der Waals surface area (Å²) in [5, 5.41) is 0. The van der Waals surface area contributed by atoms with Gasteiger partial charge in [0.1, 0.15) is 0 Å². The SMILES string of the molecule is CCOc1cc(CC(N)CC)c(C)cc1OC.Cl. The van der Waals surface area contributed by atoms with Crippen LogP contribution in [0, 0.1) is 6.92 Å². The van der Waals surface area contributed by atoms with Crippen LogP contribution >= 0.6 is 12.4 Å². The van der Waals surface area contributed by atoms with Crippen LogP contribution in [0.3, 0.4) is 0 Å². The Hall–Kier alpha value is -0.930. The predicted molar refractivity (Wildman–Crippen MR) is 78.1 cm³/mol. The van der Waals surface area contributed by atoms with Gasteiger partial charge in [-0.15, -0.1) is 12.4 Å². The first-order chi connectivity index (χ1) is 8.12. The Bertz CT molecular complexity index is 369. The zero-order valence-electron chi connectivity index (χ0n) is 11.7. The number of nitrogens with two attached hydrogens (primary N) is 1. The zero-order valence-corrected chi connectivity index (χ0v) is 12.5. The molecule has 18 heavy (non-hydrogen) atoms. The van der Waals surface area contributed by atoms with Gasteiger partial charge in [0.05, 0.1) is 13.7 Å². The second-order valence-electron chi connectivity index (χ2n) is 4.24. The number of hydrogen-bond acceptors (Lipinski definition) is 3. The molecule has 0 heterocycles. The summed E-state index contributed by atoms with van der Waals surface area (Å²) in [6, 6.07) is 4.27. The maximum Gasteiger partial charge on any atom is 0.161 e. The third-order valence-corrected chi connectivity index (χ3v) is 2.93. The summed E-state index contributed by atoms with van der Waals surface area (Å²) in [6.07, 6.45) is 1.86. The standard InChI is InChI=1S/C14H23NO2.ClH/c1-5-12(15)8-11-9-14(17-6-2)13(16-4)7-10(11)3;/h7,9,12H,5-6,8,15H2,1-4H3;1H. The van der Waals surface area contributed by atoms with Crippen molar-refractivity contribution < 1.29 is 9.47 Å². The maximum atomic E-state index is 6.00. The highest BCUT2D eigenvalue weighted by molar-refractivity contribution is 5.85. The summed E-state index contributed by atoms with van der Waals surface area (Å²) >= 11 is 0. The van der Waals surface area contributed by atoms with Crippen LogP contribution in [-0.4, -0.2) is 19.8 Å². The van der Waals surface area contributed by atoms with E-state index in [0.29, 0.717) is 6.61 Å². The van der Waals surface area contributed by atoms with Gasteiger partial charge in [0.15, 0.2) is 11.5 Å². The number of ether oxygens (including phenoxy) is 2. The van der Waals surface area contributed by atoms with Crippen LogP contribution in [0.1, 0.15) is 31.4 Å². The monoisotopic (exact) mass is 273 g/mol. The first kappa shape index (κ1) is 17.1. The predicted octanol–water partition coefficient (Wildman–Crippen LogP) is 3.10. The topological polar surface area (TPSA) is 44.5 Å². The lowest BCUT2D eigenvalue weighted by Crippen LogP contribution is -2.21. The Kier molecular flexibility index (Phi) is 7.80. The average Bonchev–Trinajstić information content (AvgIpc) is 2.33. The lowest BCUT2D eigenvalue weighted by Gasteiger charge is -2.16. The Balaban J connectivity index is 0.00000289. The molecular formula is C14H24ClNO2. The van der Waals surface area contributed by atoms with Crippen LogP contribution in [0.5, 0.6) is 11.5 Å². The molecule has 0 aliphatic heterocycles. The van der Waals surface area contributed by atoms with Crippen molar-refractivity contribution >= 4 is 12.4 Å². The van der Waals surface area contributed by atoms with Crippen LogP contribution in [0.2, 0.25) is 0 Å². The van der Waals surface area contributed by atoms with E-state index in [1.165, 1.54) is 11.1 Å². The molecule has 104 valence electrons. The summed E-state index contributed by atoms with van der Waals surface area (Å²) in [5.41, 5.74) is 8.44. The van der Waals surface area contributed by atoms with Crippen LogP contribution in [-0.2, 0) is 6.42 Å². The molecule has 0 saturated carbocycles. The maximum absolute atomic E-state index is 6.00. The smallest absolute Gasteiger partial charge is 0.161 e. The van der Waals surface area contributed by atoms with Crippen LogP contribution in [0.15, 0.2) is 12.1 Å².